The molecule has 0 bridgehead atoms. The molecule has 7 nitrogen and oxygen atoms in total. The van der Waals surface area contributed by atoms with E-state index < -0.39 is 52.9 Å². The van der Waals surface area contributed by atoms with Crippen LogP contribution < -0.4 is 0 Å². The fourth-order valence-electron chi connectivity index (χ4n) is 4.46. The summed E-state index contributed by atoms with van der Waals surface area (Å²) in [7, 11) is -1.64. The van der Waals surface area contributed by atoms with Crippen LogP contribution in [0.4, 0.5) is 0 Å². The predicted molar refractivity (Wildman–Crippen MR) is 132 cm³/mol. The number of rotatable bonds is 7. The molecule has 0 spiro atoms. The second-order valence-electron chi connectivity index (χ2n) is 8.67. The van der Waals surface area contributed by atoms with E-state index in [0.717, 1.165) is 11.1 Å². The third-order valence-corrected chi connectivity index (χ3v) is 7.67. The van der Waals surface area contributed by atoms with E-state index in [1.165, 1.54) is 6.92 Å². The summed E-state index contributed by atoms with van der Waals surface area (Å²) in [6.45, 7) is 1.79. The summed E-state index contributed by atoms with van der Waals surface area (Å²) in [5.41, 5.74) is 0.852. The second kappa shape index (κ2) is 11.5. The Kier molecular flexibility index (Phi) is 7.89. The zero-order valence-corrected chi connectivity index (χ0v) is 20.6. The number of hydrogen-bond acceptors (Lipinski definition) is 7. The molecule has 0 aliphatic carbocycles. The summed E-state index contributed by atoms with van der Waals surface area (Å²) in [6.07, 6.45) is -3.49. The SMILES string of the molecule is CC(=O)O[C@@H]1[C@@H](OCc2ccccc2)[C@@H]2O[C@H](c3ccccc3)OC[C@H]2O[C@H]1S(=O)c1ccccc1. The van der Waals surface area contributed by atoms with Crippen molar-refractivity contribution in [3.63, 3.8) is 0 Å². The van der Waals surface area contributed by atoms with Crippen molar-refractivity contribution in [2.75, 3.05) is 6.61 Å². The zero-order chi connectivity index (χ0) is 24.9. The predicted octanol–water partition coefficient (Wildman–Crippen LogP) is 4.15. The summed E-state index contributed by atoms with van der Waals surface area (Å²) in [6, 6.07) is 28.3. The van der Waals surface area contributed by atoms with E-state index in [4.69, 9.17) is 23.7 Å². The number of carbonyl (C=O) groups excluding carboxylic acids is 1. The molecule has 8 heteroatoms. The van der Waals surface area contributed by atoms with E-state index in [9.17, 15) is 9.00 Å². The molecular formula is C28H28O7S. The lowest BCUT2D eigenvalue weighted by atomic mass is 9.98. The third-order valence-electron chi connectivity index (χ3n) is 6.13. The van der Waals surface area contributed by atoms with Gasteiger partial charge in [0.2, 0.25) is 0 Å². The first kappa shape index (κ1) is 24.8. The van der Waals surface area contributed by atoms with Crippen molar-refractivity contribution in [1.29, 1.82) is 0 Å². The Morgan fingerprint density at radius 3 is 2.19 bits per heavy atom. The van der Waals surface area contributed by atoms with Crippen molar-refractivity contribution in [3.8, 4) is 0 Å². The highest BCUT2D eigenvalue weighted by molar-refractivity contribution is 7.85. The van der Waals surface area contributed by atoms with Crippen molar-refractivity contribution in [3.05, 3.63) is 102 Å². The smallest absolute Gasteiger partial charge is 0.303 e. The lowest BCUT2D eigenvalue weighted by Crippen LogP contribution is -2.64. The number of hydrogen-bond donors (Lipinski definition) is 0. The molecule has 0 aromatic heterocycles. The van der Waals surface area contributed by atoms with Crippen molar-refractivity contribution in [2.45, 2.75) is 54.6 Å². The van der Waals surface area contributed by atoms with Crippen LogP contribution in [0.1, 0.15) is 24.3 Å². The Bertz CT molecular complexity index is 1160. The van der Waals surface area contributed by atoms with Gasteiger partial charge in [0.1, 0.15) is 18.3 Å². The van der Waals surface area contributed by atoms with Crippen LogP contribution in [0.3, 0.4) is 0 Å². The first-order valence-electron chi connectivity index (χ1n) is 11.9. The molecular weight excluding hydrogens is 480 g/mol. The van der Waals surface area contributed by atoms with Gasteiger partial charge in [-0.15, -0.1) is 0 Å². The maximum Gasteiger partial charge on any atom is 0.303 e. The molecule has 1 unspecified atom stereocenters. The molecule has 0 saturated carbocycles. The fourth-order valence-corrected chi connectivity index (χ4v) is 5.85. The molecule has 36 heavy (non-hydrogen) atoms. The van der Waals surface area contributed by atoms with Gasteiger partial charge in [-0.25, -0.2) is 0 Å². The molecule has 2 aliphatic rings. The maximum atomic E-state index is 13.6. The average Bonchev–Trinajstić information content (AvgIpc) is 2.92. The van der Waals surface area contributed by atoms with E-state index in [1.807, 2.05) is 66.7 Å². The normalized spacial score (nSPS) is 28.6. The highest BCUT2D eigenvalue weighted by Crippen LogP contribution is 2.38. The lowest BCUT2D eigenvalue weighted by Gasteiger charge is -2.48. The summed E-state index contributed by atoms with van der Waals surface area (Å²) in [4.78, 5) is 12.8. The van der Waals surface area contributed by atoms with Gasteiger partial charge in [-0.1, -0.05) is 78.9 Å². The van der Waals surface area contributed by atoms with E-state index >= 15 is 0 Å². The summed E-state index contributed by atoms with van der Waals surface area (Å²) in [5, 5.41) is 0. The molecule has 0 N–H and O–H groups in total. The molecule has 7 atom stereocenters. The minimum Gasteiger partial charge on any atom is -0.456 e. The highest BCUT2D eigenvalue weighted by Gasteiger charge is 2.54. The fraction of sp³-hybridized carbons (Fsp3) is 0.321. The van der Waals surface area contributed by atoms with Crippen molar-refractivity contribution < 1.29 is 32.7 Å². The Balaban J connectivity index is 1.47. The largest absolute Gasteiger partial charge is 0.456 e. The number of fused-ring (bicyclic) bond motifs is 1. The van der Waals surface area contributed by atoms with Gasteiger partial charge in [0, 0.05) is 17.4 Å². The van der Waals surface area contributed by atoms with Gasteiger partial charge in [0.25, 0.3) is 0 Å². The second-order valence-corrected chi connectivity index (χ2v) is 10.2. The Morgan fingerprint density at radius 1 is 0.889 bits per heavy atom. The van der Waals surface area contributed by atoms with Crippen molar-refractivity contribution in [1.82, 2.24) is 0 Å². The molecule has 5 rings (SSSR count). The van der Waals surface area contributed by atoms with Crippen molar-refractivity contribution >= 4 is 16.8 Å². The van der Waals surface area contributed by atoms with Gasteiger partial charge in [-0.2, -0.15) is 0 Å². The monoisotopic (exact) mass is 508 g/mol. The van der Waals surface area contributed by atoms with Crippen LogP contribution in [-0.4, -0.2) is 46.6 Å². The topological polar surface area (TPSA) is 80.3 Å². The quantitative estimate of drug-likeness (QED) is 0.444. The van der Waals surface area contributed by atoms with Crippen LogP contribution in [0.25, 0.3) is 0 Å². The lowest BCUT2D eigenvalue weighted by molar-refractivity contribution is -0.326. The third kappa shape index (κ3) is 5.58. The minimum atomic E-state index is -1.64. The first-order chi connectivity index (χ1) is 17.6. The van der Waals surface area contributed by atoms with E-state index in [1.54, 1.807) is 24.3 Å². The highest BCUT2D eigenvalue weighted by atomic mass is 32.2. The van der Waals surface area contributed by atoms with Gasteiger partial charge < -0.3 is 23.7 Å². The molecule has 2 aliphatic heterocycles. The van der Waals surface area contributed by atoms with E-state index in [0.29, 0.717) is 4.90 Å². The molecule has 188 valence electrons. The molecule has 2 saturated heterocycles. The van der Waals surface area contributed by atoms with Crippen LogP contribution in [0, 0.1) is 0 Å². The van der Waals surface area contributed by atoms with Gasteiger partial charge >= 0.3 is 5.97 Å². The summed E-state index contributed by atoms with van der Waals surface area (Å²) in [5.74, 6) is -0.517. The number of ether oxygens (including phenoxy) is 5. The van der Waals surface area contributed by atoms with Gasteiger partial charge in [0.05, 0.1) is 24.0 Å². The summed E-state index contributed by atoms with van der Waals surface area (Å²) < 4.78 is 44.4. The Hall–Kier alpha value is -2.88. The standard InChI is InChI=1S/C28H28O7S/c1-19(29)33-26-25(31-17-20-11-5-2-6-12-20)24-23(18-32-27(35-24)21-13-7-3-8-14-21)34-28(26)36(30)22-15-9-4-10-16-22/h2-16,23-28H,17-18H2,1H3/t23-,24-,25+,26-,27-,28+,36?/m1/s1. The van der Waals surface area contributed by atoms with Crippen LogP contribution in [0.15, 0.2) is 95.9 Å². The maximum absolute atomic E-state index is 13.6. The number of carbonyl (C=O) groups is 1. The molecule has 0 radical (unpaired) electrons. The van der Waals surface area contributed by atoms with Crippen LogP contribution in [-0.2, 0) is 45.9 Å². The molecule has 2 heterocycles. The Labute approximate surface area is 212 Å². The molecule has 3 aromatic rings. The van der Waals surface area contributed by atoms with Crippen LogP contribution >= 0.6 is 0 Å². The van der Waals surface area contributed by atoms with Crippen LogP contribution in [0.2, 0.25) is 0 Å². The van der Waals surface area contributed by atoms with Crippen LogP contribution in [0.5, 0.6) is 0 Å². The first-order valence-corrected chi connectivity index (χ1v) is 13.1. The minimum absolute atomic E-state index is 0.213. The Morgan fingerprint density at radius 2 is 1.53 bits per heavy atom. The number of benzene rings is 3. The molecule has 3 aromatic carbocycles. The van der Waals surface area contributed by atoms with Crippen molar-refractivity contribution in [2.24, 2.45) is 0 Å². The molecule has 0 amide bonds. The number of esters is 1. The van der Waals surface area contributed by atoms with Gasteiger partial charge in [-0.05, 0) is 17.7 Å². The van der Waals surface area contributed by atoms with E-state index in [2.05, 4.69) is 0 Å². The average molecular weight is 509 g/mol. The van der Waals surface area contributed by atoms with Gasteiger partial charge in [0.15, 0.2) is 17.8 Å². The van der Waals surface area contributed by atoms with Gasteiger partial charge in [-0.3, -0.25) is 9.00 Å². The zero-order valence-electron chi connectivity index (χ0n) is 19.8. The van der Waals surface area contributed by atoms with E-state index in [-0.39, 0.29) is 13.2 Å². The molecule has 2 fully saturated rings. The summed E-state index contributed by atoms with van der Waals surface area (Å²) >= 11 is 0.